The van der Waals surface area contributed by atoms with Crippen LogP contribution >= 0.6 is 23.4 Å². The molecule has 0 bridgehead atoms. The molecule has 1 saturated heterocycles. The molecule has 34 heavy (non-hydrogen) atoms. The molecule has 2 amide bonds. The molecule has 0 unspecified atom stereocenters. The van der Waals surface area contributed by atoms with Gasteiger partial charge in [-0.2, -0.15) is 0 Å². The van der Waals surface area contributed by atoms with Gasteiger partial charge < -0.3 is 9.30 Å². The zero-order valence-corrected chi connectivity index (χ0v) is 20.6. The minimum Gasteiger partial charge on any atom is -0.462 e. The quantitative estimate of drug-likeness (QED) is 0.303. The molecule has 0 N–H and O–H groups in total. The van der Waals surface area contributed by atoms with E-state index in [9.17, 15) is 14.4 Å². The minimum atomic E-state index is -0.374. The van der Waals surface area contributed by atoms with Crippen molar-refractivity contribution in [1.29, 1.82) is 0 Å². The van der Waals surface area contributed by atoms with Crippen molar-refractivity contribution in [3.63, 3.8) is 0 Å². The molecule has 0 atom stereocenters. The highest BCUT2D eigenvalue weighted by Gasteiger charge is 2.35. The Kier molecular flexibility index (Phi) is 6.95. The van der Waals surface area contributed by atoms with E-state index in [0.29, 0.717) is 22.1 Å². The maximum atomic E-state index is 13.0. The molecule has 8 heteroatoms. The lowest BCUT2D eigenvalue weighted by molar-refractivity contribution is -0.123. The van der Waals surface area contributed by atoms with Crippen molar-refractivity contribution in [3.05, 3.63) is 92.6 Å². The molecule has 0 radical (unpaired) electrons. The van der Waals surface area contributed by atoms with Gasteiger partial charge in [-0.3, -0.25) is 14.5 Å². The van der Waals surface area contributed by atoms with Crippen LogP contribution in [-0.2, 0) is 16.1 Å². The third-order valence-electron chi connectivity index (χ3n) is 5.50. The van der Waals surface area contributed by atoms with E-state index < -0.39 is 0 Å². The number of hydrogen-bond donors (Lipinski definition) is 0. The number of imide groups is 1. The molecule has 6 nitrogen and oxygen atoms in total. The molecular weight excluding hydrogens is 472 g/mol. The Labute approximate surface area is 207 Å². The third-order valence-corrected chi connectivity index (χ3v) is 6.66. The van der Waals surface area contributed by atoms with Gasteiger partial charge in [0.05, 0.1) is 23.6 Å². The Morgan fingerprint density at radius 2 is 1.82 bits per heavy atom. The summed E-state index contributed by atoms with van der Waals surface area (Å²) in [5.41, 5.74) is 4.77. The molecule has 2 aromatic carbocycles. The number of aromatic nitrogens is 1. The average molecular weight is 495 g/mol. The molecule has 1 aliphatic rings. The summed E-state index contributed by atoms with van der Waals surface area (Å²) in [4.78, 5) is 39.3. The van der Waals surface area contributed by atoms with Crippen LogP contribution in [0.2, 0.25) is 5.02 Å². The SMILES string of the molecule is CCOC(=O)c1cccc(-n2c(C)cc(/C=C3\SC(=O)N(Cc4ccc(Cl)cc4)C3=O)c2C)c1. The maximum Gasteiger partial charge on any atom is 0.338 e. The summed E-state index contributed by atoms with van der Waals surface area (Å²) in [7, 11) is 0. The Bertz CT molecular complexity index is 1310. The van der Waals surface area contributed by atoms with Gasteiger partial charge in [0.15, 0.2) is 0 Å². The number of aryl methyl sites for hydroxylation is 1. The van der Waals surface area contributed by atoms with Gasteiger partial charge >= 0.3 is 5.97 Å². The molecule has 0 spiro atoms. The molecule has 0 saturated carbocycles. The van der Waals surface area contributed by atoms with Gasteiger partial charge in [0.2, 0.25) is 0 Å². The molecule has 4 rings (SSSR count). The molecule has 1 aliphatic heterocycles. The topological polar surface area (TPSA) is 68.6 Å². The average Bonchev–Trinajstić information content (AvgIpc) is 3.24. The normalized spacial score (nSPS) is 14.8. The van der Waals surface area contributed by atoms with Crippen molar-refractivity contribution in [3.8, 4) is 5.69 Å². The van der Waals surface area contributed by atoms with Crippen molar-refractivity contribution < 1.29 is 19.1 Å². The Balaban J connectivity index is 1.61. The van der Waals surface area contributed by atoms with E-state index in [1.54, 1.807) is 49.4 Å². The van der Waals surface area contributed by atoms with Gasteiger partial charge in [-0.15, -0.1) is 0 Å². The van der Waals surface area contributed by atoms with E-state index in [2.05, 4.69) is 0 Å². The van der Waals surface area contributed by atoms with Crippen LogP contribution < -0.4 is 0 Å². The second-order valence-electron chi connectivity index (χ2n) is 7.83. The number of carbonyl (C=O) groups is 3. The van der Waals surface area contributed by atoms with E-state index in [1.807, 2.05) is 36.6 Å². The Morgan fingerprint density at radius 1 is 1.09 bits per heavy atom. The first kappa shape index (κ1) is 23.9. The summed E-state index contributed by atoms with van der Waals surface area (Å²) >= 11 is 6.86. The van der Waals surface area contributed by atoms with Crippen molar-refractivity contribution in [2.24, 2.45) is 0 Å². The standard InChI is InChI=1S/C26H23ClN2O4S/c1-4-33-25(31)19-6-5-7-22(13-19)29-16(2)12-20(17(29)3)14-23-24(30)28(26(32)34-23)15-18-8-10-21(27)11-9-18/h5-14H,4,15H2,1-3H3/b23-14-. The first-order chi connectivity index (χ1) is 16.3. The van der Waals surface area contributed by atoms with Gasteiger partial charge in [-0.25, -0.2) is 4.79 Å². The fraction of sp³-hybridized carbons (Fsp3) is 0.192. The number of ether oxygens (including phenoxy) is 1. The van der Waals surface area contributed by atoms with Gasteiger partial charge in [0, 0.05) is 22.1 Å². The van der Waals surface area contributed by atoms with Gasteiger partial charge in [-0.1, -0.05) is 29.8 Å². The predicted molar refractivity (Wildman–Crippen MR) is 134 cm³/mol. The van der Waals surface area contributed by atoms with E-state index in [4.69, 9.17) is 16.3 Å². The highest BCUT2D eigenvalue weighted by molar-refractivity contribution is 8.18. The lowest BCUT2D eigenvalue weighted by Gasteiger charge is -2.12. The number of carbonyl (C=O) groups excluding carboxylic acids is 3. The molecular formula is C26H23ClN2O4S. The van der Waals surface area contributed by atoms with Crippen LogP contribution in [0.1, 0.15) is 39.8 Å². The van der Waals surface area contributed by atoms with Crippen molar-refractivity contribution in [2.45, 2.75) is 27.3 Å². The van der Waals surface area contributed by atoms with Crippen molar-refractivity contribution in [2.75, 3.05) is 6.61 Å². The fourth-order valence-corrected chi connectivity index (χ4v) is 4.82. The van der Waals surface area contributed by atoms with E-state index in [-0.39, 0.29) is 23.7 Å². The summed E-state index contributed by atoms with van der Waals surface area (Å²) in [5.74, 6) is -0.694. The van der Waals surface area contributed by atoms with Crippen LogP contribution in [0, 0.1) is 13.8 Å². The maximum absolute atomic E-state index is 13.0. The second kappa shape index (κ2) is 9.91. The lowest BCUT2D eigenvalue weighted by atomic mass is 10.2. The molecule has 2 heterocycles. The van der Waals surface area contributed by atoms with Gasteiger partial charge in [-0.05, 0) is 86.1 Å². The number of amides is 2. The molecule has 1 fully saturated rings. The molecule has 1 aromatic heterocycles. The predicted octanol–water partition coefficient (Wildman–Crippen LogP) is 6.16. The zero-order chi connectivity index (χ0) is 24.4. The summed E-state index contributed by atoms with van der Waals surface area (Å²) in [6.07, 6.45) is 1.75. The first-order valence-corrected chi connectivity index (χ1v) is 11.9. The zero-order valence-electron chi connectivity index (χ0n) is 19.0. The number of halogens is 1. The van der Waals surface area contributed by atoms with Crippen LogP contribution in [0.15, 0.2) is 59.5 Å². The fourth-order valence-electron chi connectivity index (χ4n) is 3.87. The van der Waals surface area contributed by atoms with Crippen LogP contribution in [-0.4, -0.2) is 33.2 Å². The van der Waals surface area contributed by atoms with Crippen molar-refractivity contribution in [1.82, 2.24) is 9.47 Å². The van der Waals surface area contributed by atoms with Gasteiger partial charge in [0.1, 0.15) is 0 Å². The number of hydrogen-bond acceptors (Lipinski definition) is 5. The summed E-state index contributed by atoms with van der Waals surface area (Å²) in [6, 6.07) is 16.2. The van der Waals surface area contributed by atoms with Crippen LogP contribution in [0.5, 0.6) is 0 Å². The van der Waals surface area contributed by atoms with Crippen molar-refractivity contribution >= 4 is 46.6 Å². The minimum absolute atomic E-state index is 0.193. The Morgan fingerprint density at radius 3 is 2.53 bits per heavy atom. The summed E-state index contributed by atoms with van der Waals surface area (Å²) in [6.45, 7) is 6.16. The molecule has 3 aromatic rings. The lowest BCUT2D eigenvalue weighted by Crippen LogP contribution is -2.27. The van der Waals surface area contributed by atoms with Crippen LogP contribution in [0.25, 0.3) is 11.8 Å². The Hall–Kier alpha value is -3.29. The monoisotopic (exact) mass is 494 g/mol. The van der Waals surface area contributed by atoms with E-state index in [1.165, 1.54) is 4.90 Å². The number of rotatable bonds is 6. The summed E-state index contributed by atoms with van der Waals surface area (Å²) < 4.78 is 7.12. The number of nitrogens with zero attached hydrogens (tertiary/aromatic N) is 2. The smallest absolute Gasteiger partial charge is 0.338 e. The third kappa shape index (κ3) is 4.81. The highest BCUT2D eigenvalue weighted by Crippen LogP contribution is 2.35. The van der Waals surface area contributed by atoms with Gasteiger partial charge in [0.25, 0.3) is 11.1 Å². The largest absolute Gasteiger partial charge is 0.462 e. The summed E-state index contributed by atoms with van der Waals surface area (Å²) in [5, 5.41) is 0.295. The first-order valence-electron chi connectivity index (χ1n) is 10.7. The molecule has 0 aliphatic carbocycles. The van der Waals surface area contributed by atoms with E-state index >= 15 is 0 Å². The van der Waals surface area contributed by atoms with E-state index in [0.717, 1.165) is 40.0 Å². The van der Waals surface area contributed by atoms with Crippen LogP contribution in [0.3, 0.4) is 0 Å². The highest BCUT2D eigenvalue weighted by atomic mass is 35.5. The number of esters is 1. The molecule has 174 valence electrons. The second-order valence-corrected chi connectivity index (χ2v) is 9.26. The number of benzene rings is 2. The number of thioether (sulfide) groups is 1. The van der Waals surface area contributed by atoms with Crippen LogP contribution in [0.4, 0.5) is 4.79 Å².